The molecular formula is C15H23FN2O2. The molecule has 2 unspecified atom stereocenters. The second kappa shape index (κ2) is 7.24. The molecule has 0 spiro atoms. The zero-order chi connectivity index (χ0) is 15.3. The van der Waals surface area contributed by atoms with Gasteiger partial charge in [-0.3, -0.25) is 4.79 Å². The Hall–Kier alpha value is -1.62. The highest BCUT2D eigenvalue weighted by atomic mass is 19.1. The predicted octanol–water partition coefficient (Wildman–Crippen LogP) is 2.38. The summed E-state index contributed by atoms with van der Waals surface area (Å²) in [5.74, 6) is 0.0323. The highest BCUT2D eigenvalue weighted by molar-refractivity contribution is 5.80. The summed E-state index contributed by atoms with van der Waals surface area (Å²) in [6, 6.07) is 3.87. The van der Waals surface area contributed by atoms with Gasteiger partial charge in [-0.15, -0.1) is 0 Å². The van der Waals surface area contributed by atoms with Crippen LogP contribution in [0.1, 0.15) is 39.3 Å². The molecule has 0 aliphatic rings. The van der Waals surface area contributed by atoms with E-state index in [9.17, 15) is 9.18 Å². The van der Waals surface area contributed by atoms with Gasteiger partial charge in [-0.25, -0.2) is 4.39 Å². The number of hydrogen-bond acceptors (Lipinski definition) is 3. The highest BCUT2D eigenvalue weighted by Crippen LogP contribution is 2.25. The van der Waals surface area contributed by atoms with Gasteiger partial charge < -0.3 is 15.8 Å². The van der Waals surface area contributed by atoms with Gasteiger partial charge in [-0.05, 0) is 25.8 Å². The Morgan fingerprint density at radius 3 is 2.55 bits per heavy atom. The van der Waals surface area contributed by atoms with Crippen LogP contribution in [0.25, 0.3) is 0 Å². The Balaban J connectivity index is 2.76. The Kier molecular flexibility index (Phi) is 5.95. The maximum Gasteiger partial charge on any atom is 0.260 e. The first kappa shape index (κ1) is 16.4. The molecule has 0 aromatic heterocycles. The van der Waals surface area contributed by atoms with E-state index in [0.717, 1.165) is 0 Å². The Bertz CT molecular complexity index is 461. The Morgan fingerprint density at radius 2 is 2.00 bits per heavy atom. The summed E-state index contributed by atoms with van der Waals surface area (Å²) in [5.41, 5.74) is 6.49. The topological polar surface area (TPSA) is 64.3 Å². The average molecular weight is 282 g/mol. The van der Waals surface area contributed by atoms with Crippen LogP contribution in [0.15, 0.2) is 18.2 Å². The van der Waals surface area contributed by atoms with Crippen LogP contribution in [-0.2, 0) is 4.79 Å². The number of nitrogens with two attached hydrogens (primary N) is 1. The maximum atomic E-state index is 13.3. The van der Waals surface area contributed by atoms with E-state index in [-0.39, 0.29) is 11.9 Å². The fraction of sp³-hybridized carbons (Fsp3) is 0.533. The molecule has 1 aromatic rings. The minimum absolute atomic E-state index is 0.224. The first-order chi connectivity index (χ1) is 9.31. The van der Waals surface area contributed by atoms with Crippen molar-refractivity contribution in [2.45, 2.75) is 39.8 Å². The van der Waals surface area contributed by atoms with Gasteiger partial charge in [0, 0.05) is 24.2 Å². The lowest BCUT2D eigenvalue weighted by Crippen LogP contribution is -2.38. The second-order valence-corrected chi connectivity index (χ2v) is 5.37. The van der Waals surface area contributed by atoms with Gasteiger partial charge in [0.25, 0.3) is 5.91 Å². The third kappa shape index (κ3) is 4.81. The molecule has 1 rings (SSSR count). The minimum atomic E-state index is -0.701. The number of nitrogens with one attached hydrogen (secondary N) is 1. The van der Waals surface area contributed by atoms with E-state index in [2.05, 4.69) is 5.32 Å². The normalized spacial score (nSPS) is 13.9. The summed E-state index contributed by atoms with van der Waals surface area (Å²) in [6.45, 7) is 8.00. The summed E-state index contributed by atoms with van der Waals surface area (Å²) in [5, 5.41) is 2.78. The smallest absolute Gasteiger partial charge is 0.260 e. The third-order valence-electron chi connectivity index (χ3n) is 2.82. The number of ether oxygens (including phenoxy) is 1. The van der Waals surface area contributed by atoms with Crippen molar-refractivity contribution in [3.05, 3.63) is 29.6 Å². The van der Waals surface area contributed by atoms with E-state index in [1.54, 1.807) is 19.9 Å². The van der Waals surface area contributed by atoms with Crippen molar-refractivity contribution in [3.8, 4) is 5.75 Å². The number of benzene rings is 1. The first-order valence-corrected chi connectivity index (χ1v) is 6.80. The lowest BCUT2D eigenvalue weighted by molar-refractivity contribution is -0.127. The fourth-order valence-corrected chi connectivity index (χ4v) is 1.68. The zero-order valence-corrected chi connectivity index (χ0v) is 12.4. The quantitative estimate of drug-likeness (QED) is 0.842. The Morgan fingerprint density at radius 1 is 1.35 bits per heavy atom. The maximum absolute atomic E-state index is 13.3. The van der Waals surface area contributed by atoms with Crippen LogP contribution in [-0.4, -0.2) is 18.6 Å². The van der Waals surface area contributed by atoms with Gasteiger partial charge in [0.05, 0.1) is 0 Å². The molecule has 3 N–H and O–H groups in total. The van der Waals surface area contributed by atoms with Crippen LogP contribution in [0.3, 0.4) is 0 Å². The van der Waals surface area contributed by atoms with Gasteiger partial charge in [0.1, 0.15) is 11.6 Å². The molecule has 0 heterocycles. The molecule has 0 aliphatic carbocycles. The molecule has 0 aliphatic heterocycles. The van der Waals surface area contributed by atoms with E-state index in [4.69, 9.17) is 10.5 Å². The standard InChI is InChI=1S/C15H23FN2O2/c1-9(2)8-18-15(19)11(4)20-14-7-12(16)5-6-13(14)10(3)17/h5-7,9-11H,8,17H2,1-4H3,(H,18,19). The number of carbonyl (C=O) groups is 1. The number of carbonyl (C=O) groups excluding carboxylic acids is 1. The van der Waals surface area contributed by atoms with Crippen LogP contribution in [0.2, 0.25) is 0 Å². The van der Waals surface area contributed by atoms with Crippen LogP contribution in [0.5, 0.6) is 5.75 Å². The summed E-state index contributed by atoms with van der Waals surface area (Å²) in [6.07, 6.45) is -0.701. The van der Waals surface area contributed by atoms with E-state index < -0.39 is 11.9 Å². The molecule has 112 valence electrons. The SMILES string of the molecule is CC(C)CNC(=O)C(C)Oc1cc(F)ccc1C(C)N. The van der Waals surface area contributed by atoms with E-state index >= 15 is 0 Å². The molecule has 0 radical (unpaired) electrons. The van der Waals surface area contributed by atoms with Crippen molar-refractivity contribution < 1.29 is 13.9 Å². The Labute approximate surface area is 119 Å². The summed E-state index contributed by atoms with van der Waals surface area (Å²) in [7, 11) is 0. The molecule has 0 saturated heterocycles. The number of halogens is 1. The lowest BCUT2D eigenvalue weighted by Gasteiger charge is -2.19. The lowest BCUT2D eigenvalue weighted by atomic mass is 10.1. The fourth-order valence-electron chi connectivity index (χ4n) is 1.68. The van der Waals surface area contributed by atoms with E-state index in [0.29, 0.717) is 23.8 Å². The minimum Gasteiger partial charge on any atom is -0.480 e. The summed E-state index contributed by atoms with van der Waals surface area (Å²) in [4.78, 5) is 11.9. The average Bonchev–Trinajstić information content (AvgIpc) is 2.35. The molecule has 20 heavy (non-hydrogen) atoms. The van der Waals surface area contributed by atoms with E-state index in [1.165, 1.54) is 12.1 Å². The number of hydrogen-bond donors (Lipinski definition) is 2. The van der Waals surface area contributed by atoms with Gasteiger partial charge in [0.2, 0.25) is 0 Å². The molecule has 1 aromatic carbocycles. The first-order valence-electron chi connectivity index (χ1n) is 6.80. The molecule has 5 heteroatoms. The molecule has 0 bridgehead atoms. The molecule has 0 saturated carbocycles. The van der Waals surface area contributed by atoms with Gasteiger partial charge >= 0.3 is 0 Å². The van der Waals surface area contributed by atoms with Gasteiger partial charge in [0.15, 0.2) is 6.10 Å². The monoisotopic (exact) mass is 282 g/mol. The van der Waals surface area contributed by atoms with Crippen molar-refractivity contribution in [2.24, 2.45) is 11.7 Å². The van der Waals surface area contributed by atoms with Crippen molar-refractivity contribution in [2.75, 3.05) is 6.54 Å². The third-order valence-corrected chi connectivity index (χ3v) is 2.82. The number of rotatable bonds is 6. The molecular weight excluding hydrogens is 259 g/mol. The second-order valence-electron chi connectivity index (χ2n) is 5.37. The summed E-state index contributed by atoms with van der Waals surface area (Å²) < 4.78 is 18.8. The van der Waals surface area contributed by atoms with Crippen LogP contribution in [0, 0.1) is 11.7 Å². The highest BCUT2D eigenvalue weighted by Gasteiger charge is 2.18. The van der Waals surface area contributed by atoms with Crippen molar-refractivity contribution in [1.29, 1.82) is 0 Å². The number of amides is 1. The molecule has 0 fully saturated rings. The molecule has 1 amide bonds. The van der Waals surface area contributed by atoms with Gasteiger partial charge in [-0.2, -0.15) is 0 Å². The molecule has 2 atom stereocenters. The van der Waals surface area contributed by atoms with Crippen LogP contribution < -0.4 is 15.8 Å². The van der Waals surface area contributed by atoms with Crippen molar-refractivity contribution >= 4 is 5.91 Å². The van der Waals surface area contributed by atoms with Crippen molar-refractivity contribution in [1.82, 2.24) is 5.32 Å². The zero-order valence-electron chi connectivity index (χ0n) is 12.4. The van der Waals surface area contributed by atoms with Gasteiger partial charge in [-0.1, -0.05) is 19.9 Å². The summed E-state index contributed by atoms with van der Waals surface area (Å²) >= 11 is 0. The molecule has 4 nitrogen and oxygen atoms in total. The predicted molar refractivity (Wildman–Crippen MR) is 76.9 cm³/mol. The van der Waals surface area contributed by atoms with Crippen molar-refractivity contribution in [3.63, 3.8) is 0 Å². The van der Waals surface area contributed by atoms with E-state index in [1.807, 2.05) is 13.8 Å². The van der Waals surface area contributed by atoms with Crippen LogP contribution >= 0.6 is 0 Å². The van der Waals surface area contributed by atoms with Crippen LogP contribution in [0.4, 0.5) is 4.39 Å². The largest absolute Gasteiger partial charge is 0.480 e.